The lowest BCUT2D eigenvalue weighted by Crippen LogP contribution is -2.44. The van der Waals surface area contributed by atoms with Gasteiger partial charge in [0.15, 0.2) is 6.04 Å². The third-order valence-electron chi connectivity index (χ3n) is 3.77. The van der Waals surface area contributed by atoms with Crippen LogP contribution in [0.4, 0.5) is 22.0 Å². The minimum Gasteiger partial charge on any atom is -0.434 e. The minimum absolute atomic E-state index is 0. The van der Waals surface area contributed by atoms with Crippen LogP contribution in [0, 0.1) is 5.92 Å². The van der Waals surface area contributed by atoms with Crippen molar-refractivity contribution in [2.24, 2.45) is 5.92 Å². The molecule has 1 heterocycles. The number of alkyl halides is 5. The predicted molar refractivity (Wildman–Crippen MR) is 82.9 cm³/mol. The molecule has 1 fully saturated rings. The number of ether oxygens (including phenoxy) is 1. The second-order valence-corrected chi connectivity index (χ2v) is 5.42. The molecular formula is C15H18ClF5N2O2. The Morgan fingerprint density at radius 3 is 2.36 bits per heavy atom. The highest BCUT2D eigenvalue weighted by Crippen LogP contribution is 2.38. The predicted octanol–water partition coefficient (Wildman–Crippen LogP) is 3.43. The zero-order valence-corrected chi connectivity index (χ0v) is 13.8. The van der Waals surface area contributed by atoms with E-state index in [0.717, 1.165) is 12.1 Å². The van der Waals surface area contributed by atoms with Gasteiger partial charge in [-0.1, -0.05) is 18.2 Å². The van der Waals surface area contributed by atoms with Crippen molar-refractivity contribution in [1.82, 2.24) is 10.6 Å². The first-order chi connectivity index (χ1) is 11.3. The molecule has 0 aliphatic carbocycles. The lowest BCUT2D eigenvalue weighted by molar-refractivity contribution is -0.165. The molecule has 1 amide bonds. The Morgan fingerprint density at radius 2 is 1.80 bits per heavy atom. The van der Waals surface area contributed by atoms with Crippen molar-refractivity contribution in [2.75, 3.05) is 13.1 Å². The highest BCUT2D eigenvalue weighted by Gasteiger charge is 2.44. The Labute approximate surface area is 147 Å². The molecule has 1 saturated heterocycles. The zero-order chi connectivity index (χ0) is 17.7. The molecule has 0 saturated carbocycles. The molecule has 25 heavy (non-hydrogen) atoms. The first-order valence-electron chi connectivity index (χ1n) is 7.40. The number of benzene rings is 1. The largest absolute Gasteiger partial charge is 0.434 e. The van der Waals surface area contributed by atoms with Crippen molar-refractivity contribution >= 4 is 18.3 Å². The third kappa shape index (κ3) is 6.00. The summed E-state index contributed by atoms with van der Waals surface area (Å²) in [5.41, 5.74) is -0.549. The molecule has 1 atom stereocenters. The maximum absolute atomic E-state index is 13.4. The van der Waals surface area contributed by atoms with Crippen molar-refractivity contribution < 1.29 is 31.5 Å². The topological polar surface area (TPSA) is 50.4 Å². The van der Waals surface area contributed by atoms with E-state index >= 15 is 0 Å². The van der Waals surface area contributed by atoms with Crippen LogP contribution in [-0.4, -0.2) is 31.8 Å². The molecule has 2 N–H and O–H groups in total. The Hall–Kier alpha value is -1.61. The smallest absolute Gasteiger partial charge is 0.413 e. The molecular weight excluding hydrogens is 371 g/mol. The highest BCUT2D eigenvalue weighted by molar-refractivity contribution is 5.85. The van der Waals surface area contributed by atoms with Crippen LogP contribution in [0.15, 0.2) is 24.3 Å². The zero-order valence-electron chi connectivity index (χ0n) is 13.0. The van der Waals surface area contributed by atoms with E-state index in [1.807, 2.05) is 5.32 Å². The lowest BCUT2D eigenvalue weighted by atomic mass is 9.96. The first-order valence-corrected chi connectivity index (χ1v) is 7.40. The van der Waals surface area contributed by atoms with E-state index in [4.69, 9.17) is 0 Å². The third-order valence-corrected chi connectivity index (χ3v) is 3.77. The van der Waals surface area contributed by atoms with E-state index in [-0.39, 0.29) is 12.4 Å². The number of amides is 1. The first kappa shape index (κ1) is 21.4. The lowest BCUT2D eigenvalue weighted by Gasteiger charge is -2.27. The van der Waals surface area contributed by atoms with Crippen LogP contribution >= 0.6 is 12.4 Å². The summed E-state index contributed by atoms with van der Waals surface area (Å²) in [6, 6.07) is 2.16. The average molecular weight is 389 g/mol. The average Bonchev–Trinajstić information content (AvgIpc) is 2.52. The van der Waals surface area contributed by atoms with Crippen molar-refractivity contribution in [3.63, 3.8) is 0 Å². The SMILES string of the molecule is Cl.O=C(NC(c1ccccc1OC(F)F)C(F)(F)F)C1CCNCC1. The van der Waals surface area contributed by atoms with Crippen LogP contribution in [0.2, 0.25) is 0 Å². The van der Waals surface area contributed by atoms with Crippen molar-refractivity contribution in [2.45, 2.75) is 31.7 Å². The molecule has 1 aromatic carbocycles. The molecule has 1 aliphatic heterocycles. The number of nitrogens with one attached hydrogen (secondary N) is 2. The standard InChI is InChI=1S/C15H17F5N2O2.ClH/c16-14(17)24-11-4-2-1-3-10(11)12(15(18,19)20)22-13(23)9-5-7-21-8-6-9;/h1-4,9,12,14,21H,5-8H2,(H,22,23);1H. The van der Waals surface area contributed by atoms with E-state index in [1.54, 1.807) is 0 Å². The molecule has 0 radical (unpaired) electrons. The van der Waals surface area contributed by atoms with E-state index in [1.165, 1.54) is 12.1 Å². The van der Waals surface area contributed by atoms with Gasteiger partial charge in [-0.15, -0.1) is 12.4 Å². The van der Waals surface area contributed by atoms with Crippen LogP contribution < -0.4 is 15.4 Å². The maximum atomic E-state index is 13.4. The number of carbonyl (C=O) groups excluding carboxylic acids is 1. The molecule has 4 nitrogen and oxygen atoms in total. The summed E-state index contributed by atoms with van der Waals surface area (Å²) in [5, 5.41) is 4.95. The van der Waals surface area contributed by atoms with Gasteiger partial charge in [-0.3, -0.25) is 4.79 Å². The summed E-state index contributed by atoms with van der Waals surface area (Å²) in [5.74, 6) is -1.90. The Morgan fingerprint density at radius 1 is 1.20 bits per heavy atom. The van der Waals surface area contributed by atoms with Gasteiger partial charge < -0.3 is 15.4 Å². The summed E-state index contributed by atoms with van der Waals surface area (Å²) < 4.78 is 69.1. The molecule has 0 bridgehead atoms. The summed E-state index contributed by atoms with van der Waals surface area (Å²) in [7, 11) is 0. The van der Waals surface area contributed by atoms with Crippen molar-refractivity contribution in [3.05, 3.63) is 29.8 Å². The van der Waals surface area contributed by atoms with Gasteiger partial charge >= 0.3 is 12.8 Å². The van der Waals surface area contributed by atoms with Gasteiger partial charge in [0.1, 0.15) is 5.75 Å². The Bertz CT molecular complexity index is 565. The number of piperidine rings is 1. The molecule has 0 aromatic heterocycles. The molecule has 1 unspecified atom stereocenters. The normalized spacial score (nSPS) is 16.9. The molecule has 10 heteroatoms. The van der Waals surface area contributed by atoms with Crippen LogP contribution in [0.25, 0.3) is 0 Å². The molecule has 1 aliphatic rings. The van der Waals surface area contributed by atoms with Gasteiger partial charge in [-0.05, 0) is 32.0 Å². The maximum Gasteiger partial charge on any atom is 0.413 e. The van der Waals surface area contributed by atoms with Gasteiger partial charge in [0.25, 0.3) is 0 Å². The fourth-order valence-electron chi connectivity index (χ4n) is 2.60. The number of hydrogen-bond donors (Lipinski definition) is 2. The number of hydrogen-bond acceptors (Lipinski definition) is 3. The van der Waals surface area contributed by atoms with Gasteiger partial charge in [0.05, 0.1) is 0 Å². The summed E-state index contributed by atoms with van der Waals surface area (Å²) >= 11 is 0. The van der Waals surface area contributed by atoms with E-state index in [9.17, 15) is 26.7 Å². The van der Waals surface area contributed by atoms with Crippen molar-refractivity contribution in [3.8, 4) is 5.75 Å². The van der Waals surface area contributed by atoms with Crippen LogP contribution in [-0.2, 0) is 4.79 Å². The monoisotopic (exact) mass is 388 g/mol. The van der Waals surface area contributed by atoms with Gasteiger partial charge in [0, 0.05) is 11.5 Å². The van der Waals surface area contributed by atoms with E-state index < -0.39 is 42.0 Å². The van der Waals surface area contributed by atoms with Crippen LogP contribution in [0.5, 0.6) is 5.75 Å². The number of carbonyl (C=O) groups is 1. The van der Waals surface area contributed by atoms with E-state index in [2.05, 4.69) is 10.1 Å². The summed E-state index contributed by atoms with van der Waals surface area (Å²) in [6.07, 6.45) is -4.00. The number of rotatable bonds is 5. The van der Waals surface area contributed by atoms with Crippen molar-refractivity contribution in [1.29, 1.82) is 0 Å². The molecule has 0 spiro atoms. The quantitative estimate of drug-likeness (QED) is 0.760. The molecule has 2 rings (SSSR count). The number of para-hydroxylation sites is 1. The summed E-state index contributed by atoms with van der Waals surface area (Å²) in [4.78, 5) is 12.1. The highest BCUT2D eigenvalue weighted by atomic mass is 35.5. The fraction of sp³-hybridized carbons (Fsp3) is 0.533. The summed E-state index contributed by atoms with van der Waals surface area (Å²) in [6.45, 7) is -2.18. The second kappa shape index (κ2) is 9.19. The van der Waals surface area contributed by atoms with Crippen LogP contribution in [0.3, 0.4) is 0 Å². The Balaban J connectivity index is 0.00000312. The second-order valence-electron chi connectivity index (χ2n) is 5.42. The Kier molecular flexibility index (Phi) is 7.88. The molecule has 1 aromatic rings. The van der Waals surface area contributed by atoms with Gasteiger partial charge in [-0.25, -0.2) is 0 Å². The minimum atomic E-state index is -4.84. The van der Waals surface area contributed by atoms with Crippen LogP contribution in [0.1, 0.15) is 24.4 Å². The number of halogens is 6. The van der Waals surface area contributed by atoms with E-state index in [0.29, 0.717) is 25.9 Å². The van der Waals surface area contributed by atoms with Gasteiger partial charge in [-0.2, -0.15) is 22.0 Å². The van der Waals surface area contributed by atoms with Gasteiger partial charge in [0.2, 0.25) is 5.91 Å². The molecule has 142 valence electrons. The fourth-order valence-corrected chi connectivity index (χ4v) is 2.60.